The van der Waals surface area contributed by atoms with Crippen LogP contribution in [0.1, 0.15) is 25.8 Å². The Labute approximate surface area is 88.6 Å². The Morgan fingerprint density at radius 2 is 2.00 bits per heavy atom. The molecule has 0 radical (unpaired) electrons. The van der Waals surface area contributed by atoms with Crippen molar-refractivity contribution in [2.45, 2.75) is 25.7 Å². The van der Waals surface area contributed by atoms with Crippen molar-refractivity contribution >= 4 is 23.4 Å². The minimum absolute atomic E-state index is 0.0321. The molecule has 1 aliphatic rings. The third-order valence-electron chi connectivity index (χ3n) is 2.66. The van der Waals surface area contributed by atoms with Crippen LogP contribution in [0.5, 0.6) is 0 Å². The van der Waals surface area contributed by atoms with Crippen LogP contribution in [0.2, 0.25) is 0 Å². The molecule has 0 bridgehead atoms. The Balaban J connectivity index is 2.61. The predicted molar refractivity (Wildman–Crippen MR) is 57.4 cm³/mol. The molecule has 0 aliphatic carbocycles. The zero-order valence-electron chi connectivity index (χ0n) is 8.25. The quantitative estimate of drug-likeness (QED) is 0.602. The highest BCUT2D eigenvalue weighted by molar-refractivity contribution is 6.37. The van der Waals surface area contributed by atoms with E-state index in [2.05, 4.69) is 13.8 Å². The smallest absolute Gasteiger partial charge is 0.242 e. The van der Waals surface area contributed by atoms with Crippen molar-refractivity contribution in [3.05, 3.63) is 29.8 Å². The lowest BCUT2D eigenvalue weighted by Crippen LogP contribution is -2.36. The number of benzene rings is 1. The lowest BCUT2D eigenvalue weighted by Gasteiger charge is -2.34. The van der Waals surface area contributed by atoms with E-state index >= 15 is 0 Å². The molecular formula is C11H12ClNO. The van der Waals surface area contributed by atoms with Crippen molar-refractivity contribution < 1.29 is 4.79 Å². The van der Waals surface area contributed by atoms with Crippen molar-refractivity contribution in [1.82, 2.24) is 0 Å². The summed E-state index contributed by atoms with van der Waals surface area (Å²) in [5.74, 6) is -0.0321. The Morgan fingerprint density at radius 1 is 1.36 bits per heavy atom. The van der Waals surface area contributed by atoms with Crippen LogP contribution in [0.25, 0.3) is 0 Å². The van der Waals surface area contributed by atoms with Gasteiger partial charge in [-0.05, 0) is 11.6 Å². The van der Waals surface area contributed by atoms with E-state index in [1.807, 2.05) is 24.3 Å². The van der Waals surface area contributed by atoms with Crippen molar-refractivity contribution in [3.8, 4) is 0 Å². The van der Waals surface area contributed by atoms with Gasteiger partial charge in [0.15, 0.2) is 0 Å². The highest BCUT2D eigenvalue weighted by Gasteiger charge is 2.35. The fourth-order valence-corrected chi connectivity index (χ4v) is 2.10. The standard InChI is InChI=1S/C11H12ClNO/c1-11(2)7-10(14)13(12)9-6-4-3-5-8(9)11/h3-6H,7H2,1-2H3. The largest absolute Gasteiger partial charge is 0.273 e. The molecule has 1 amide bonds. The van der Waals surface area contributed by atoms with Crippen LogP contribution in [0, 0.1) is 0 Å². The SMILES string of the molecule is CC1(C)CC(=O)N(Cl)c2ccccc21. The second-order valence-electron chi connectivity index (χ2n) is 4.25. The molecule has 0 atom stereocenters. The maximum atomic E-state index is 11.6. The molecule has 1 aromatic carbocycles. The van der Waals surface area contributed by atoms with Crippen molar-refractivity contribution in [2.75, 3.05) is 4.42 Å². The summed E-state index contributed by atoms with van der Waals surface area (Å²) >= 11 is 5.91. The minimum atomic E-state index is -0.112. The number of hydrogen-bond donors (Lipinski definition) is 0. The van der Waals surface area contributed by atoms with Gasteiger partial charge in [0.25, 0.3) is 0 Å². The predicted octanol–water partition coefficient (Wildman–Crippen LogP) is 2.85. The van der Waals surface area contributed by atoms with Gasteiger partial charge in [0.05, 0.1) is 5.69 Å². The van der Waals surface area contributed by atoms with Crippen LogP contribution in [0.4, 0.5) is 5.69 Å². The van der Waals surface area contributed by atoms with Gasteiger partial charge in [-0.1, -0.05) is 32.0 Å². The number of carbonyl (C=O) groups is 1. The molecule has 0 fully saturated rings. The number of nitrogens with zero attached hydrogens (tertiary/aromatic N) is 1. The maximum Gasteiger partial charge on any atom is 0.242 e. The van der Waals surface area contributed by atoms with Crippen LogP contribution < -0.4 is 4.42 Å². The molecule has 0 unspecified atom stereocenters. The van der Waals surface area contributed by atoms with Crippen molar-refractivity contribution in [1.29, 1.82) is 0 Å². The molecule has 2 nitrogen and oxygen atoms in total. The van der Waals surface area contributed by atoms with Crippen LogP contribution in [0.15, 0.2) is 24.3 Å². The van der Waals surface area contributed by atoms with Crippen molar-refractivity contribution in [3.63, 3.8) is 0 Å². The van der Waals surface area contributed by atoms with E-state index in [0.717, 1.165) is 11.3 Å². The molecule has 1 aromatic rings. The van der Waals surface area contributed by atoms with E-state index in [0.29, 0.717) is 6.42 Å². The first-order valence-electron chi connectivity index (χ1n) is 4.60. The number of anilines is 1. The third kappa shape index (κ3) is 1.30. The van der Waals surface area contributed by atoms with E-state index in [4.69, 9.17) is 11.8 Å². The summed E-state index contributed by atoms with van der Waals surface area (Å²) in [6.45, 7) is 4.13. The van der Waals surface area contributed by atoms with Crippen LogP contribution in [-0.2, 0) is 10.2 Å². The third-order valence-corrected chi connectivity index (χ3v) is 3.03. The first-order chi connectivity index (χ1) is 6.52. The lowest BCUT2D eigenvalue weighted by atomic mass is 9.78. The molecule has 2 rings (SSSR count). The average Bonchev–Trinajstić information content (AvgIpc) is 2.14. The topological polar surface area (TPSA) is 20.3 Å². The second kappa shape index (κ2) is 2.99. The van der Waals surface area contributed by atoms with Gasteiger partial charge in [0.1, 0.15) is 0 Å². The van der Waals surface area contributed by atoms with E-state index in [-0.39, 0.29) is 11.3 Å². The summed E-state index contributed by atoms with van der Waals surface area (Å²) in [5.41, 5.74) is 1.84. The number of para-hydroxylation sites is 1. The first-order valence-corrected chi connectivity index (χ1v) is 4.94. The fraction of sp³-hybridized carbons (Fsp3) is 0.364. The molecule has 0 N–H and O–H groups in total. The number of amides is 1. The number of halogens is 1. The van der Waals surface area contributed by atoms with Crippen LogP contribution in [0.3, 0.4) is 0 Å². The molecule has 0 saturated carbocycles. The van der Waals surface area contributed by atoms with Crippen LogP contribution >= 0.6 is 11.8 Å². The summed E-state index contributed by atoms with van der Waals surface area (Å²) in [5, 5.41) is 0. The molecule has 1 heterocycles. The van der Waals surface area contributed by atoms with Crippen LogP contribution in [-0.4, -0.2) is 5.91 Å². The van der Waals surface area contributed by atoms with Gasteiger partial charge < -0.3 is 0 Å². The number of hydrogen-bond acceptors (Lipinski definition) is 1. The fourth-order valence-electron chi connectivity index (χ4n) is 1.89. The molecule has 0 spiro atoms. The molecule has 74 valence electrons. The van der Waals surface area contributed by atoms with Gasteiger partial charge >= 0.3 is 0 Å². The van der Waals surface area contributed by atoms with Gasteiger partial charge in [-0.25, -0.2) is 4.42 Å². The molecular weight excluding hydrogens is 198 g/mol. The van der Waals surface area contributed by atoms with Gasteiger partial charge in [-0.15, -0.1) is 0 Å². The minimum Gasteiger partial charge on any atom is -0.273 e. The zero-order valence-corrected chi connectivity index (χ0v) is 9.01. The van der Waals surface area contributed by atoms with E-state index < -0.39 is 0 Å². The molecule has 14 heavy (non-hydrogen) atoms. The molecule has 1 aliphatic heterocycles. The summed E-state index contributed by atoms with van der Waals surface area (Å²) < 4.78 is 1.22. The Kier molecular flexibility index (Phi) is 2.04. The van der Waals surface area contributed by atoms with E-state index in [1.54, 1.807) is 0 Å². The molecule has 3 heteroatoms. The molecule has 0 saturated heterocycles. The average molecular weight is 210 g/mol. The Bertz CT molecular complexity index is 387. The van der Waals surface area contributed by atoms with Gasteiger partial charge in [0.2, 0.25) is 5.91 Å². The normalized spacial score (nSPS) is 19.4. The Morgan fingerprint density at radius 3 is 2.71 bits per heavy atom. The second-order valence-corrected chi connectivity index (χ2v) is 4.59. The summed E-state index contributed by atoms with van der Waals surface area (Å²) in [6, 6.07) is 7.77. The lowest BCUT2D eigenvalue weighted by molar-refractivity contribution is -0.118. The van der Waals surface area contributed by atoms with Crippen molar-refractivity contribution in [2.24, 2.45) is 0 Å². The summed E-state index contributed by atoms with van der Waals surface area (Å²) in [7, 11) is 0. The number of carbonyl (C=O) groups excluding carboxylic acids is 1. The highest BCUT2D eigenvalue weighted by atomic mass is 35.5. The number of fused-ring (bicyclic) bond motifs is 1. The van der Waals surface area contributed by atoms with Gasteiger partial charge in [-0.3, -0.25) is 4.79 Å². The van der Waals surface area contributed by atoms with E-state index in [9.17, 15) is 4.79 Å². The Hall–Kier alpha value is -1.02. The monoisotopic (exact) mass is 209 g/mol. The number of rotatable bonds is 0. The summed E-state index contributed by atoms with van der Waals surface area (Å²) in [6.07, 6.45) is 0.466. The zero-order chi connectivity index (χ0) is 10.3. The highest BCUT2D eigenvalue weighted by Crippen LogP contribution is 2.40. The van der Waals surface area contributed by atoms with E-state index in [1.165, 1.54) is 4.42 Å². The van der Waals surface area contributed by atoms with Gasteiger partial charge in [0, 0.05) is 23.6 Å². The molecule has 0 aromatic heterocycles. The summed E-state index contributed by atoms with van der Waals surface area (Å²) in [4.78, 5) is 11.6. The van der Waals surface area contributed by atoms with Gasteiger partial charge in [-0.2, -0.15) is 0 Å². The maximum absolute atomic E-state index is 11.6. The first kappa shape index (κ1) is 9.53.